The Kier molecular flexibility index (Phi) is 7.39. The van der Waals surface area contributed by atoms with Gasteiger partial charge in [0.2, 0.25) is 5.95 Å². The molecule has 1 aromatic heterocycles. The van der Waals surface area contributed by atoms with Crippen LogP contribution in [0.25, 0.3) is 0 Å². The maximum absolute atomic E-state index is 14.3. The number of benzene rings is 3. The van der Waals surface area contributed by atoms with E-state index in [2.05, 4.69) is 20.6 Å². The molecule has 0 aliphatic carbocycles. The normalized spacial score (nSPS) is 11.5. The zero-order chi connectivity index (χ0) is 25.7. The average Bonchev–Trinajstić information content (AvgIpc) is 2.87. The van der Waals surface area contributed by atoms with E-state index in [1.165, 1.54) is 17.2 Å². The van der Waals surface area contributed by atoms with Crippen molar-refractivity contribution in [2.24, 2.45) is 0 Å². The summed E-state index contributed by atoms with van der Waals surface area (Å²) in [4.78, 5) is 25.4. The molecule has 2 amide bonds. The molecule has 0 bridgehead atoms. The fourth-order valence-corrected chi connectivity index (χ4v) is 3.61. The molecule has 9 heteroatoms. The molecule has 0 fully saturated rings. The van der Waals surface area contributed by atoms with Crippen LogP contribution in [0.1, 0.15) is 18.5 Å². The van der Waals surface area contributed by atoms with Crippen LogP contribution in [0.5, 0.6) is 0 Å². The van der Waals surface area contributed by atoms with E-state index in [0.717, 1.165) is 23.4 Å². The summed E-state index contributed by atoms with van der Waals surface area (Å²) in [6.45, 7) is 1.97. The van der Waals surface area contributed by atoms with Crippen molar-refractivity contribution < 1.29 is 13.6 Å². The number of carbonyl (C=O) groups excluding carboxylic acids is 1. The first-order valence-electron chi connectivity index (χ1n) is 11.3. The fourth-order valence-electron chi connectivity index (χ4n) is 3.61. The summed E-state index contributed by atoms with van der Waals surface area (Å²) in [6, 6.07) is 21.0. The number of urea groups is 1. The van der Waals surface area contributed by atoms with Gasteiger partial charge in [0.1, 0.15) is 23.1 Å². The van der Waals surface area contributed by atoms with Gasteiger partial charge in [-0.1, -0.05) is 42.5 Å². The predicted molar refractivity (Wildman–Crippen MR) is 139 cm³/mol. The first kappa shape index (κ1) is 24.6. The van der Waals surface area contributed by atoms with Gasteiger partial charge in [-0.3, -0.25) is 0 Å². The van der Waals surface area contributed by atoms with E-state index in [9.17, 15) is 13.6 Å². The van der Waals surface area contributed by atoms with Crippen LogP contribution in [-0.4, -0.2) is 30.1 Å². The van der Waals surface area contributed by atoms with Gasteiger partial charge in [0.25, 0.3) is 0 Å². The van der Waals surface area contributed by atoms with Crippen molar-refractivity contribution in [3.63, 3.8) is 0 Å². The molecule has 0 spiro atoms. The van der Waals surface area contributed by atoms with Crippen molar-refractivity contribution in [1.82, 2.24) is 9.97 Å². The Hall–Kier alpha value is -4.53. The molecule has 0 aliphatic heterocycles. The summed E-state index contributed by atoms with van der Waals surface area (Å²) in [5.74, 6) is -1.25. The minimum Gasteiger partial charge on any atom is -0.378 e. The number of nitrogens with zero attached hydrogens (tertiary/aromatic N) is 4. The molecule has 3 aromatic carbocycles. The Morgan fingerprint density at radius 3 is 2.25 bits per heavy atom. The molecule has 184 valence electrons. The van der Waals surface area contributed by atoms with Gasteiger partial charge >= 0.3 is 6.03 Å². The molecule has 0 aliphatic rings. The summed E-state index contributed by atoms with van der Waals surface area (Å²) < 4.78 is 28.6. The largest absolute Gasteiger partial charge is 0.378 e. The third-order valence-corrected chi connectivity index (χ3v) is 5.52. The van der Waals surface area contributed by atoms with Crippen LogP contribution in [0.2, 0.25) is 0 Å². The van der Waals surface area contributed by atoms with Gasteiger partial charge in [-0.05, 0) is 42.8 Å². The molecular formula is C27H26F2N6O. The Morgan fingerprint density at radius 1 is 0.889 bits per heavy atom. The fraction of sp³-hybridized carbons (Fsp3) is 0.148. The van der Waals surface area contributed by atoms with Gasteiger partial charge in [0, 0.05) is 32.0 Å². The second-order valence-corrected chi connectivity index (χ2v) is 8.29. The second-order valence-electron chi connectivity index (χ2n) is 8.29. The third kappa shape index (κ3) is 5.57. The van der Waals surface area contributed by atoms with Crippen LogP contribution in [0.4, 0.5) is 42.4 Å². The van der Waals surface area contributed by atoms with Crippen molar-refractivity contribution in [3.8, 4) is 0 Å². The van der Waals surface area contributed by atoms with E-state index < -0.39 is 23.4 Å². The number of nitrogens with one attached hydrogen (secondary N) is 2. The molecule has 0 radical (unpaired) electrons. The lowest BCUT2D eigenvalue weighted by molar-refractivity contribution is 0.258. The van der Waals surface area contributed by atoms with Crippen molar-refractivity contribution >= 4 is 34.9 Å². The van der Waals surface area contributed by atoms with Gasteiger partial charge in [-0.15, -0.1) is 0 Å². The van der Waals surface area contributed by atoms with Crippen molar-refractivity contribution in [3.05, 3.63) is 102 Å². The Labute approximate surface area is 208 Å². The van der Waals surface area contributed by atoms with Crippen molar-refractivity contribution in [2.75, 3.05) is 34.5 Å². The lowest BCUT2D eigenvalue weighted by atomic mass is 10.1. The highest BCUT2D eigenvalue weighted by molar-refractivity contribution is 6.06. The van der Waals surface area contributed by atoms with E-state index in [1.54, 1.807) is 24.3 Å². The van der Waals surface area contributed by atoms with E-state index in [1.807, 2.05) is 62.3 Å². The van der Waals surface area contributed by atoms with E-state index in [0.29, 0.717) is 11.6 Å². The smallest absolute Gasteiger partial charge is 0.332 e. The molecule has 0 saturated heterocycles. The van der Waals surface area contributed by atoms with Crippen LogP contribution >= 0.6 is 0 Å². The van der Waals surface area contributed by atoms with Gasteiger partial charge < -0.3 is 15.5 Å². The average molecular weight is 489 g/mol. The Balaban J connectivity index is 1.71. The zero-order valence-corrected chi connectivity index (χ0v) is 20.1. The number of para-hydroxylation sites is 1. The molecule has 4 aromatic rings. The third-order valence-electron chi connectivity index (χ3n) is 5.52. The van der Waals surface area contributed by atoms with Gasteiger partial charge in [-0.25, -0.2) is 23.5 Å². The maximum atomic E-state index is 14.3. The number of hydrogen-bond acceptors (Lipinski definition) is 5. The van der Waals surface area contributed by atoms with Crippen LogP contribution in [0.15, 0.2) is 85.1 Å². The number of amides is 2. The standard InChI is InChI=1S/C27H26F2N6O/c1-18(19-9-5-4-6-10-19)31-26-30-16-15-24(32-26)35(21-12-7-11-20(17-21)34(2)3)27(36)33-25-22(28)13-8-14-23(25)29/h4-18H,1-3H3,(H,33,36)(H,30,31,32). The number of rotatable bonds is 7. The monoisotopic (exact) mass is 488 g/mol. The Morgan fingerprint density at radius 2 is 1.56 bits per heavy atom. The molecule has 2 N–H and O–H groups in total. The summed E-state index contributed by atoms with van der Waals surface area (Å²) in [5, 5.41) is 5.59. The van der Waals surface area contributed by atoms with Crippen LogP contribution in [0, 0.1) is 11.6 Å². The number of halogens is 2. The number of hydrogen-bond donors (Lipinski definition) is 2. The second kappa shape index (κ2) is 10.8. The molecule has 4 rings (SSSR count). The minimum atomic E-state index is -0.882. The lowest BCUT2D eigenvalue weighted by Crippen LogP contribution is -2.32. The van der Waals surface area contributed by atoms with Gasteiger partial charge in [0.05, 0.1) is 11.7 Å². The SMILES string of the molecule is CC(Nc1nccc(N(C(=O)Nc2c(F)cccc2F)c2cccc(N(C)C)c2)n1)c1ccccc1. The lowest BCUT2D eigenvalue weighted by Gasteiger charge is -2.25. The molecule has 0 saturated carbocycles. The van der Waals surface area contributed by atoms with Crippen LogP contribution in [0.3, 0.4) is 0 Å². The molecule has 1 heterocycles. The molecule has 1 unspecified atom stereocenters. The summed E-state index contributed by atoms with van der Waals surface area (Å²) in [6.07, 6.45) is 1.52. The zero-order valence-electron chi connectivity index (χ0n) is 20.1. The van der Waals surface area contributed by atoms with Crippen LogP contribution in [-0.2, 0) is 0 Å². The molecular weight excluding hydrogens is 462 g/mol. The highest BCUT2D eigenvalue weighted by Gasteiger charge is 2.23. The van der Waals surface area contributed by atoms with E-state index in [4.69, 9.17) is 0 Å². The molecule has 7 nitrogen and oxygen atoms in total. The maximum Gasteiger partial charge on any atom is 0.332 e. The first-order chi connectivity index (χ1) is 17.3. The van der Waals surface area contributed by atoms with Crippen LogP contribution < -0.4 is 20.4 Å². The molecule has 1 atom stereocenters. The molecule has 36 heavy (non-hydrogen) atoms. The van der Waals surface area contributed by atoms with E-state index in [-0.39, 0.29) is 11.9 Å². The number of anilines is 5. The summed E-state index contributed by atoms with van der Waals surface area (Å²) in [5.41, 5.74) is 1.78. The predicted octanol–water partition coefficient (Wildman–Crippen LogP) is 6.36. The minimum absolute atomic E-state index is 0.103. The van der Waals surface area contributed by atoms with Gasteiger partial charge in [0.15, 0.2) is 0 Å². The van der Waals surface area contributed by atoms with Crippen molar-refractivity contribution in [1.29, 1.82) is 0 Å². The summed E-state index contributed by atoms with van der Waals surface area (Å²) >= 11 is 0. The quantitative estimate of drug-likeness (QED) is 0.317. The van der Waals surface area contributed by atoms with Gasteiger partial charge in [-0.2, -0.15) is 4.98 Å². The van der Waals surface area contributed by atoms with E-state index >= 15 is 0 Å². The summed E-state index contributed by atoms with van der Waals surface area (Å²) in [7, 11) is 3.74. The number of carbonyl (C=O) groups is 1. The van der Waals surface area contributed by atoms with Crippen molar-refractivity contribution in [2.45, 2.75) is 13.0 Å². The topological polar surface area (TPSA) is 73.4 Å². The highest BCUT2D eigenvalue weighted by Crippen LogP contribution is 2.30. The highest BCUT2D eigenvalue weighted by atomic mass is 19.1. The number of aromatic nitrogens is 2. The Bertz CT molecular complexity index is 1330. The first-order valence-corrected chi connectivity index (χ1v) is 11.3.